The molecule has 1 saturated heterocycles. The Morgan fingerprint density at radius 2 is 1.67 bits per heavy atom. The SMILES string of the molecule is CC(F)(F)c1nc(C23CCC(CN(C(=O)CC4CCOCC4)c4ccc(F)c(-c5ccc(P(C)(C)=O)cc5)c4)(CC2)CC3)no1. The van der Waals surface area contributed by atoms with Gasteiger partial charge in [0.25, 0.3) is 5.89 Å². The number of alkyl halides is 2. The lowest BCUT2D eigenvalue weighted by Crippen LogP contribution is -2.51. The predicted molar refractivity (Wildman–Crippen MR) is 167 cm³/mol. The smallest absolute Gasteiger partial charge is 0.322 e. The highest BCUT2D eigenvalue weighted by Gasteiger charge is 2.53. The maximum atomic E-state index is 15.3. The molecule has 3 aliphatic carbocycles. The van der Waals surface area contributed by atoms with Crippen molar-refractivity contribution in [3.05, 3.63) is 60.0 Å². The Labute approximate surface area is 262 Å². The molecular weight excluding hydrogens is 602 g/mol. The summed E-state index contributed by atoms with van der Waals surface area (Å²) in [7, 11) is -2.46. The molecule has 242 valence electrons. The molecule has 4 fully saturated rings. The summed E-state index contributed by atoms with van der Waals surface area (Å²) in [5.41, 5.74) is 1.12. The number of rotatable bonds is 9. The molecule has 1 amide bonds. The van der Waals surface area contributed by atoms with Crippen molar-refractivity contribution in [2.24, 2.45) is 11.3 Å². The fourth-order valence-electron chi connectivity index (χ4n) is 7.32. The van der Waals surface area contributed by atoms with Gasteiger partial charge in [-0.05, 0) is 99.8 Å². The number of carbonyl (C=O) groups is 1. The molecule has 3 aromatic rings. The van der Waals surface area contributed by atoms with Gasteiger partial charge < -0.3 is 18.7 Å². The number of benzene rings is 2. The topological polar surface area (TPSA) is 85.5 Å². The van der Waals surface area contributed by atoms with Crippen molar-refractivity contribution in [1.29, 1.82) is 0 Å². The molecule has 2 aromatic carbocycles. The second-order valence-corrected chi connectivity index (χ2v) is 17.1. The van der Waals surface area contributed by atoms with E-state index in [0.717, 1.165) is 63.6 Å². The molecule has 3 saturated carbocycles. The van der Waals surface area contributed by atoms with E-state index >= 15 is 4.39 Å². The first-order valence-corrected chi connectivity index (χ1v) is 18.4. The van der Waals surface area contributed by atoms with Gasteiger partial charge in [-0.25, -0.2) is 4.39 Å². The third-order valence-electron chi connectivity index (χ3n) is 10.3. The van der Waals surface area contributed by atoms with Gasteiger partial charge in [0.2, 0.25) is 5.91 Å². The number of carbonyl (C=O) groups excluding carboxylic acids is 1. The first kappa shape index (κ1) is 32.0. The van der Waals surface area contributed by atoms with Crippen molar-refractivity contribution in [1.82, 2.24) is 10.1 Å². The van der Waals surface area contributed by atoms with Crippen molar-refractivity contribution in [2.45, 2.75) is 76.0 Å². The lowest BCUT2D eigenvalue weighted by atomic mass is 9.53. The zero-order valence-electron chi connectivity index (χ0n) is 26.2. The Balaban J connectivity index is 1.27. The van der Waals surface area contributed by atoms with E-state index in [1.807, 2.05) is 4.90 Å². The van der Waals surface area contributed by atoms with Gasteiger partial charge in [0.05, 0.1) is 0 Å². The number of fused-ring (bicyclic) bond motifs is 3. The standard InChI is InChI=1S/C34H41F3N3O4P/c1-32(36,37)31-38-30(39-44-31)34-15-12-33(13-16-34,14-17-34)22-40(29(41)20-23-10-18-43-19-11-23)25-6-9-28(35)27(21-25)24-4-7-26(8-5-24)45(2,3)42/h4-9,21,23H,10-20,22H2,1-3H3. The number of anilines is 1. The van der Waals surface area contributed by atoms with Crippen LogP contribution in [0, 0.1) is 17.2 Å². The van der Waals surface area contributed by atoms with E-state index < -0.39 is 30.2 Å². The summed E-state index contributed by atoms with van der Waals surface area (Å²) in [6.07, 6.45) is 6.62. The molecule has 0 N–H and O–H groups in total. The molecule has 0 spiro atoms. The van der Waals surface area contributed by atoms with Gasteiger partial charge >= 0.3 is 5.92 Å². The fraction of sp³-hybridized carbons (Fsp3) is 0.559. The third kappa shape index (κ3) is 6.64. The minimum atomic E-state index is -3.19. The Morgan fingerprint density at radius 3 is 2.24 bits per heavy atom. The van der Waals surface area contributed by atoms with E-state index in [0.29, 0.717) is 48.8 Å². The molecule has 2 heterocycles. The summed E-state index contributed by atoms with van der Waals surface area (Å²) >= 11 is 0. The predicted octanol–water partition coefficient (Wildman–Crippen LogP) is 7.68. The maximum absolute atomic E-state index is 15.3. The lowest BCUT2D eigenvalue weighted by molar-refractivity contribution is -0.121. The molecule has 7 rings (SSSR count). The molecule has 0 radical (unpaired) electrons. The lowest BCUT2D eigenvalue weighted by Gasteiger charge is -2.53. The van der Waals surface area contributed by atoms with E-state index in [4.69, 9.17) is 9.26 Å². The minimum absolute atomic E-state index is 0.0116. The zero-order chi connectivity index (χ0) is 32.0. The second kappa shape index (κ2) is 12.0. The third-order valence-corrected chi connectivity index (χ3v) is 11.9. The Kier molecular flexibility index (Phi) is 8.53. The first-order chi connectivity index (χ1) is 21.3. The van der Waals surface area contributed by atoms with E-state index in [1.54, 1.807) is 49.7 Å². The second-order valence-electron chi connectivity index (χ2n) is 13.9. The number of nitrogens with zero attached hydrogens (tertiary/aromatic N) is 3. The number of amides is 1. The molecular formula is C34H41F3N3O4P. The summed E-state index contributed by atoms with van der Waals surface area (Å²) in [5, 5.41) is 4.70. The largest absolute Gasteiger partial charge is 0.381 e. The van der Waals surface area contributed by atoms with Gasteiger partial charge in [-0.1, -0.05) is 29.4 Å². The highest BCUT2D eigenvalue weighted by molar-refractivity contribution is 7.70. The normalized spacial score (nSPS) is 24.1. The summed E-state index contributed by atoms with van der Waals surface area (Å²) in [6.45, 7) is 5.94. The Bertz CT molecular complexity index is 1570. The Hall–Kier alpha value is -2.97. The van der Waals surface area contributed by atoms with Gasteiger partial charge in [-0.15, -0.1) is 0 Å². The average molecular weight is 644 g/mol. The number of hydrogen-bond donors (Lipinski definition) is 0. The van der Waals surface area contributed by atoms with Crippen LogP contribution < -0.4 is 10.2 Å². The van der Waals surface area contributed by atoms with Gasteiger partial charge in [0.15, 0.2) is 5.82 Å². The van der Waals surface area contributed by atoms with Crippen LogP contribution in [0.4, 0.5) is 18.9 Å². The van der Waals surface area contributed by atoms with Crippen LogP contribution in [0.2, 0.25) is 0 Å². The highest BCUT2D eigenvalue weighted by Crippen LogP contribution is 2.58. The molecule has 2 bridgehead atoms. The number of hydrogen-bond acceptors (Lipinski definition) is 6. The summed E-state index contributed by atoms with van der Waals surface area (Å²) in [4.78, 5) is 20.0. The number of aromatic nitrogens is 2. The monoisotopic (exact) mass is 643 g/mol. The molecule has 45 heavy (non-hydrogen) atoms. The van der Waals surface area contributed by atoms with Crippen molar-refractivity contribution in [3.63, 3.8) is 0 Å². The van der Waals surface area contributed by atoms with Crippen LogP contribution in [-0.4, -0.2) is 49.1 Å². The van der Waals surface area contributed by atoms with E-state index in [2.05, 4.69) is 10.1 Å². The van der Waals surface area contributed by atoms with E-state index in [-0.39, 0.29) is 17.2 Å². The van der Waals surface area contributed by atoms with E-state index in [9.17, 15) is 18.1 Å². The van der Waals surface area contributed by atoms with Crippen LogP contribution in [0.25, 0.3) is 11.1 Å². The molecule has 4 aliphatic rings. The molecule has 11 heteroatoms. The molecule has 0 unspecified atom stereocenters. The van der Waals surface area contributed by atoms with Crippen LogP contribution in [0.5, 0.6) is 0 Å². The minimum Gasteiger partial charge on any atom is -0.381 e. The average Bonchev–Trinajstić information content (AvgIpc) is 3.54. The van der Waals surface area contributed by atoms with Crippen LogP contribution in [0.15, 0.2) is 47.0 Å². The van der Waals surface area contributed by atoms with Crippen molar-refractivity contribution in [3.8, 4) is 11.1 Å². The van der Waals surface area contributed by atoms with Crippen molar-refractivity contribution < 1.29 is 31.8 Å². The van der Waals surface area contributed by atoms with Gasteiger partial charge in [0.1, 0.15) is 13.0 Å². The molecule has 7 nitrogen and oxygen atoms in total. The van der Waals surface area contributed by atoms with Crippen molar-refractivity contribution >= 4 is 24.0 Å². The quantitative estimate of drug-likeness (QED) is 0.223. The van der Waals surface area contributed by atoms with Gasteiger partial charge in [-0.2, -0.15) is 13.8 Å². The van der Waals surface area contributed by atoms with Crippen LogP contribution in [0.3, 0.4) is 0 Å². The molecule has 0 atom stereocenters. The summed E-state index contributed by atoms with van der Waals surface area (Å²) in [5.74, 6) is -3.64. The maximum Gasteiger partial charge on any atom is 0.322 e. The van der Waals surface area contributed by atoms with E-state index in [1.165, 1.54) is 6.07 Å². The molecule has 1 aliphatic heterocycles. The molecule has 1 aromatic heterocycles. The van der Waals surface area contributed by atoms with Crippen molar-refractivity contribution in [2.75, 3.05) is 38.0 Å². The zero-order valence-corrected chi connectivity index (χ0v) is 27.1. The Morgan fingerprint density at radius 1 is 1.02 bits per heavy atom. The number of ether oxygens (including phenoxy) is 1. The van der Waals surface area contributed by atoms with Crippen LogP contribution in [0.1, 0.15) is 76.4 Å². The number of halogens is 3. The van der Waals surface area contributed by atoms with Gasteiger partial charge in [-0.3, -0.25) is 4.79 Å². The first-order valence-electron chi connectivity index (χ1n) is 15.8. The summed E-state index contributed by atoms with van der Waals surface area (Å²) < 4.78 is 65.9. The fourth-order valence-corrected chi connectivity index (χ4v) is 8.19. The van der Waals surface area contributed by atoms with Crippen LogP contribution >= 0.6 is 7.14 Å². The summed E-state index contributed by atoms with van der Waals surface area (Å²) in [6, 6.07) is 12.0. The van der Waals surface area contributed by atoms with Crippen LogP contribution in [-0.2, 0) is 25.4 Å². The highest BCUT2D eigenvalue weighted by atomic mass is 31.2. The van der Waals surface area contributed by atoms with Gasteiger partial charge in [0, 0.05) is 55.1 Å².